The molecular weight excluding hydrogens is 387 g/mol. The van der Waals surface area contributed by atoms with Gasteiger partial charge in [0.25, 0.3) is 0 Å². The standard InChI is InChI=1S/C24H17FO5/c1-28-17-8-6-15(7-9-17)12-23(26)29-18-10-11-19-21(14-18)30-22(24(19)27)13-16-4-2-3-5-20(16)25/h2-11,13-14H,12H2,1H3/b22-13-. The number of hydrogen-bond donors (Lipinski definition) is 0. The van der Waals surface area contributed by atoms with Crippen LogP contribution in [0.5, 0.6) is 17.2 Å². The Bertz CT molecular complexity index is 1150. The lowest BCUT2D eigenvalue weighted by Crippen LogP contribution is -2.11. The number of halogens is 1. The van der Waals surface area contributed by atoms with Gasteiger partial charge in [-0.25, -0.2) is 4.39 Å². The highest BCUT2D eigenvalue weighted by Crippen LogP contribution is 2.35. The molecule has 0 atom stereocenters. The minimum absolute atomic E-state index is 0.0109. The Hall–Kier alpha value is -3.93. The average Bonchev–Trinajstić information content (AvgIpc) is 3.05. The minimum Gasteiger partial charge on any atom is -0.497 e. The first-order valence-corrected chi connectivity index (χ1v) is 9.20. The van der Waals surface area contributed by atoms with Crippen molar-refractivity contribution in [3.05, 3.63) is 95.0 Å². The smallest absolute Gasteiger partial charge is 0.315 e. The summed E-state index contributed by atoms with van der Waals surface area (Å²) in [6.45, 7) is 0. The molecule has 30 heavy (non-hydrogen) atoms. The first-order chi connectivity index (χ1) is 14.5. The highest BCUT2D eigenvalue weighted by atomic mass is 19.1. The van der Waals surface area contributed by atoms with E-state index in [1.807, 2.05) is 0 Å². The lowest BCUT2D eigenvalue weighted by molar-refractivity contribution is -0.133. The highest BCUT2D eigenvalue weighted by molar-refractivity contribution is 6.14. The first-order valence-electron chi connectivity index (χ1n) is 9.20. The van der Waals surface area contributed by atoms with E-state index in [0.29, 0.717) is 11.3 Å². The molecule has 0 spiro atoms. The van der Waals surface area contributed by atoms with Crippen molar-refractivity contribution in [3.63, 3.8) is 0 Å². The molecule has 0 saturated carbocycles. The van der Waals surface area contributed by atoms with Crippen LogP contribution in [0.1, 0.15) is 21.5 Å². The van der Waals surface area contributed by atoms with Crippen LogP contribution in [0.2, 0.25) is 0 Å². The second-order valence-corrected chi connectivity index (χ2v) is 6.62. The number of fused-ring (bicyclic) bond motifs is 1. The maximum atomic E-state index is 13.9. The molecule has 150 valence electrons. The van der Waals surface area contributed by atoms with Gasteiger partial charge in [0.05, 0.1) is 19.1 Å². The predicted molar refractivity (Wildman–Crippen MR) is 108 cm³/mol. The number of ketones is 1. The van der Waals surface area contributed by atoms with Gasteiger partial charge < -0.3 is 14.2 Å². The van der Waals surface area contributed by atoms with E-state index >= 15 is 0 Å². The Morgan fingerprint density at radius 3 is 2.50 bits per heavy atom. The number of rotatable bonds is 5. The van der Waals surface area contributed by atoms with Crippen LogP contribution >= 0.6 is 0 Å². The van der Waals surface area contributed by atoms with E-state index < -0.39 is 11.8 Å². The molecule has 1 heterocycles. The van der Waals surface area contributed by atoms with Crippen molar-refractivity contribution >= 4 is 17.8 Å². The summed E-state index contributed by atoms with van der Waals surface area (Å²) in [5, 5.41) is 0. The number of carbonyl (C=O) groups excluding carboxylic acids is 2. The van der Waals surface area contributed by atoms with Crippen LogP contribution < -0.4 is 14.2 Å². The zero-order chi connectivity index (χ0) is 21.1. The molecule has 0 aromatic heterocycles. The van der Waals surface area contributed by atoms with E-state index in [2.05, 4.69) is 0 Å². The fraction of sp³-hybridized carbons (Fsp3) is 0.0833. The van der Waals surface area contributed by atoms with Crippen molar-refractivity contribution in [1.82, 2.24) is 0 Å². The van der Waals surface area contributed by atoms with Gasteiger partial charge in [-0.1, -0.05) is 30.3 Å². The molecule has 0 unspecified atom stereocenters. The van der Waals surface area contributed by atoms with Crippen LogP contribution in [0.3, 0.4) is 0 Å². The maximum absolute atomic E-state index is 13.9. The Labute approximate surface area is 172 Å². The molecule has 4 rings (SSSR count). The number of benzene rings is 3. The summed E-state index contributed by atoms with van der Waals surface area (Å²) in [6.07, 6.45) is 1.44. The summed E-state index contributed by atoms with van der Waals surface area (Å²) in [5.74, 6) is -0.0328. The van der Waals surface area contributed by atoms with Crippen LogP contribution in [-0.4, -0.2) is 18.9 Å². The van der Waals surface area contributed by atoms with E-state index in [-0.39, 0.29) is 35.0 Å². The van der Waals surface area contributed by atoms with E-state index in [9.17, 15) is 14.0 Å². The Morgan fingerprint density at radius 2 is 1.77 bits per heavy atom. The van der Waals surface area contributed by atoms with Crippen molar-refractivity contribution < 1.29 is 28.2 Å². The monoisotopic (exact) mass is 404 g/mol. The molecule has 1 aliphatic rings. The number of carbonyl (C=O) groups is 2. The Kier molecular flexibility index (Phi) is 5.30. The molecule has 0 aliphatic carbocycles. The fourth-order valence-corrected chi connectivity index (χ4v) is 3.04. The quantitative estimate of drug-likeness (QED) is 0.353. The number of Topliss-reactive ketones (excluding diaryl/α,β-unsaturated/α-hetero) is 1. The van der Waals surface area contributed by atoms with E-state index in [0.717, 1.165) is 5.56 Å². The first kappa shape index (κ1) is 19.4. The fourth-order valence-electron chi connectivity index (χ4n) is 3.04. The molecule has 0 radical (unpaired) electrons. The van der Waals surface area contributed by atoms with Gasteiger partial charge in [-0.15, -0.1) is 0 Å². The SMILES string of the molecule is COc1ccc(CC(=O)Oc2ccc3c(c2)O/C(=C\c2ccccc2F)C3=O)cc1. The van der Waals surface area contributed by atoms with E-state index in [1.54, 1.807) is 49.6 Å². The van der Waals surface area contributed by atoms with E-state index in [1.165, 1.54) is 30.3 Å². The second kappa shape index (κ2) is 8.21. The van der Waals surface area contributed by atoms with Crippen molar-refractivity contribution in [2.75, 3.05) is 7.11 Å². The summed E-state index contributed by atoms with van der Waals surface area (Å²) in [7, 11) is 1.57. The maximum Gasteiger partial charge on any atom is 0.315 e. The van der Waals surface area contributed by atoms with Crippen LogP contribution in [0.15, 0.2) is 72.5 Å². The van der Waals surface area contributed by atoms with Gasteiger partial charge in [0.2, 0.25) is 5.78 Å². The number of hydrogen-bond acceptors (Lipinski definition) is 5. The molecule has 5 nitrogen and oxygen atoms in total. The number of ether oxygens (including phenoxy) is 3. The largest absolute Gasteiger partial charge is 0.497 e. The van der Waals surface area contributed by atoms with Gasteiger partial charge in [-0.05, 0) is 42.0 Å². The van der Waals surface area contributed by atoms with E-state index in [4.69, 9.17) is 14.2 Å². The summed E-state index contributed by atoms with van der Waals surface area (Å²) in [6, 6.07) is 17.7. The zero-order valence-corrected chi connectivity index (χ0v) is 16.1. The van der Waals surface area contributed by atoms with Gasteiger partial charge in [-0.2, -0.15) is 0 Å². The van der Waals surface area contributed by atoms with Crippen LogP contribution in [0.4, 0.5) is 4.39 Å². The lowest BCUT2D eigenvalue weighted by atomic mass is 10.1. The van der Waals surface area contributed by atoms with Crippen molar-refractivity contribution in [3.8, 4) is 17.2 Å². The molecule has 3 aromatic rings. The molecule has 3 aromatic carbocycles. The average molecular weight is 404 g/mol. The lowest BCUT2D eigenvalue weighted by Gasteiger charge is -2.06. The summed E-state index contributed by atoms with van der Waals surface area (Å²) in [5.41, 5.74) is 1.36. The van der Waals surface area contributed by atoms with Gasteiger partial charge in [0.15, 0.2) is 5.76 Å². The third-order valence-corrected chi connectivity index (χ3v) is 4.57. The van der Waals surface area contributed by atoms with Crippen LogP contribution in [0.25, 0.3) is 6.08 Å². The molecule has 1 aliphatic heterocycles. The molecule has 0 bridgehead atoms. The third-order valence-electron chi connectivity index (χ3n) is 4.57. The molecule has 0 N–H and O–H groups in total. The molecule has 0 amide bonds. The van der Waals surface area contributed by atoms with Gasteiger partial charge in [0, 0.05) is 11.6 Å². The predicted octanol–water partition coefficient (Wildman–Crippen LogP) is 4.60. The summed E-state index contributed by atoms with van der Waals surface area (Å²) < 4.78 is 29.9. The van der Waals surface area contributed by atoms with Crippen LogP contribution in [-0.2, 0) is 11.2 Å². The van der Waals surface area contributed by atoms with Crippen molar-refractivity contribution in [2.24, 2.45) is 0 Å². The summed E-state index contributed by atoms with van der Waals surface area (Å²) >= 11 is 0. The van der Waals surface area contributed by atoms with Crippen molar-refractivity contribution in [2.45, 2.75) is 6.42 Å². The molecular formula is C24H17FO5. The minimum atomic E-state index is -0.453. The van der Waals surface area contributed by atoms with Gasteiger partial charge in [-0.3, -0.25) is 9.59 Å². The van der Waals surface area contributed by atoms with Gasteiger partial charge >= 0.3 is 5.97 Å². The normalized spacial score (nSPS) is 13.7. The number of methoxy groups -OCH3 is 1. The molecule has 6 heteroatoms. The zero-order valence-electron chi connectivity index (χ0n) is 16.1. The Morgan fingerprint density at radius 1 is 1.03 bits per heavy atom. The Balaban J connectivity index is 1.47. The van der Waals surface area contributed by atoms with Gasteiger partial charge in [0.1, 0.15) is 23.1 Å². The second-order valence-electron chi connectivity index (χ2n) is 6.62. The van der Waals surface area contributed by atoms with Crippen molar-refractivity contribution in [1.29, 1.82) is 0 Å². The summed E-state index contributed by atoms with van der Waals surface area (Å²) in [4.78, 5) is 24.7. The third kappa shape index (κ3) is 4.07. The topological polar surface area (TPSA) is 61.8 Å². The number of allylic oxidation sites excluding steroid dienone is 1. The molecule has 0 fully saturated rings. The highest BCUT2D eigenvalue weighted by Gasteiger charge is 2.28. The molecule has 0 saturated heterocycles. The number of esters is 1. The van der Waals surface area contributed by atoms with Crippen LogP contribution in [0, 0.1) is 5.82 Å².